The zero-order valence-corrected chi connectivity index (χ0v) is 12.5. The maximum Gasteiger partial charge on any atom is 0.339 e. The molecular weight excluding hydrogens is 325 g/mol. The number of hydroxylamine groups is 1. The fraction of sp³-hybridized carbons (Fsp3) is 0. The predicted molar refractivity (Wildman–Crippen MR) is 79.6 cm³/mol. The van der Waals surface area contributed by atoms with Crippen LogP contribution in [0.4, 0.5) is 4.39 Å². The van der Waals surface area contributed by atoms with Crippen molar-refractivity contribution in [3.05, 3.63) is 66.0 Å². The van der Waals surface area contributed by atoms with Gasteiger partial charge in [-0.15, -0.1) is 0 Å². The van der Waals surface area contributed by atoms with Crippen molar-refractivity contribution in [2.24, 2.45) is 0 Å². The highest BCUT2D eigenvalue weighted by Crippen LogP contribution is 2.19. The molecule has 0 fully saturated rings. The number of hydrogen-bond donors (Lipinski definition) is 2. The van der Waals surface area contributed by atoms with Crippen LogP contribution in [0.2, 0.25) is 0 Å². The lowest BCUT2D eigenvalue weighted by atomic mass is 10.2. The Hall–Kier alpha value is -2.71. The summed E-state index contributed by atoms with van der Waals surface area (Å²) in [6.07, 6.45) is 2.52. The second-order valence-corrected chi connectivity index (χ2v) is 5.92. The van der Waals surface area contributed by atoms with E-state index in [2.05, 4.69) is 0 Å². The molecule has 0 atom stereocenters. The minimum atomic E-state index is -4.05. The molecule has 0 spiro atoms. The third-order valence-corrected chi connectivity index (χ3v) is 3.99. The van der Waals surface area contributed by atoms with Crippen molar-refractivity contribution in [2.75, 3.05) is 0 Å². The van der Waals surface area contributed by atoms with Crippen LogP contribution in [-0.2, 0) is 14.9 Å². The van der Waals surface area contributed by atoms with Gasteiger partial charge < -0.3 is 4.18 Å². The number of amides is 1. The van der Waals surface area contributed by atoms with Gasteiger partial charge in [-0.2, -0.15) is 8.42 Å². The fourth-order valence-electron chi connectivity index (χ4n) is 1.62. The van der Waals surface area contributed by atoms with Gasteiger partial charge >= 0.3 is 10.1 Å². The molecule has 0 saturated carbocycles. The second kappa shape index (κ2) is 7.03. The summed E-state index contributed by atoms with van der Waals surface area (Å²) in [6, 6.07) is 10.1. The van der Waals surface area contributed by atoms with E-state index in [1.54, 1.807) is 0 Å². The van der Waals surface area contributed by atoms with Gasteiger partial charge in [-0.3, -0.25) is 10.0 Å². The van der Waals surface area contributed by atoms with Gasteiger partial charge in [-0.25, -0.2) is 9.87 Å². The zero-order valence-electron chi connectivity index (χ0n) is 11.6. The van der Waals surface area contributed by atoms with Crippen LogP contribution in [0, 0.1) is 5.82 Å². The Bertz CT molecular complexity index is 814. The molecule has 0 unspecified atom stereocenters. The van der Waals surface area contributed by atoms with Crippen molar-refractivity contribution in [2.45, 2.75) is 4.90 Å². The first-order valence-electron chi connectivity index (χ1n) is 6.33. The molecule has 0 bridgehead atoms. The van der Waals surface area contributed by atoms with Crippen molar-refractivity contribution >= 4 is 22.1 Å². The van der Waals surface area contributed by atoms with E-state index >= 15 is 0 Å². The SMILES string of the molecule is O=C(C=Cc1ccc(OS(=O)(=O)c2ccc(F)cc2)cc1)NO. The van der Waals surface area contributed by atoms with Crippen molar-refractivity contribution < 1.29 is 27.0 Å². The topological polar surface area (TPSA) is 92.7 Å². The third-order valence-electron chi connectivity index (χ3n) is 2.73. The van der Waals surface area contributed by atoms with E-state index in [9.17, 15) is 17.6 Å². The highest BCUT2D eigenvalue weighted by molar-refractivity contribution is 7.87. The lowest BCUT2D eigenvalue weighted by molar-refractivity contribution is -0.124. The zero-order chi connectivity index (χ0) is 16.9. The Kier molecular flexibility index (Phi) is 5.09. The van der Waals surface area contributed by atoms with E-state index in [4.69, 9.17) is 9.39 Å². The first kappa shape index (κ1) is 16.7. The largest absolute Gasteiger partial charge is 0.379 e. The van der Waals surface area contributed by atoms with Crippen LogP contribution in [0.3, 0.4) is 0 Å². The maximum atomic E-state index is 12.8. The van der Waals surface area contributed by atoms with Crippen LogP contribution in [0.25, 0.3) is 6.08 Å². The predicted octanol–water partition coefficient (Wildman–Crippen LogP) is 2.11. The molecule has 6 nitrogen and oxygen atoms in total. The standard InChI is InChI=1S/C15H12FNO5S/c16-12-4-8-14(9-5-12)23(20,21)22-13-6-1-11(2-7-13)3-10-15(18)17-19/h1-10,19H,(H,17,18). The van der Waals surface area contributed by atoms with Gasteiger partial charge in [0.2, 0.25) is 0 Å². The van der Waals surface area contributed by atoms with Gasteiger partial charge in [0.25, 0.3) is 5.91 Å². The van der Waals surface area contributed by atoms with Crippen molar-refractivity contribution in [3.8, 4) is 5.75 Å². The van der Waals surface area contributed by atoms with E-state index < -0.39 is 21.8 Å². The molecule has 2 rings (SSSR count). The smallest absolute Gasteiger partial charge is 0.339 e. The minimum Gasteiger partial charge on any atom is -0.379 e. The summed E-state index contributed by atoms with van der Waals surface area (Å²) < 4.78 is 41.8. The van der Waals surface area contributed by atoms with Gasteiger partial charge in [-0.05, 0) is 48.0 Å². The summed E-state index contributed by atoms with van der Waals surface area (Å²) in [4.78, 5) is 10.7. The number of hydrogen-bond acceptors (Lipinski definition) is 5. The normalized spacial score (nSPS) is 11.4. The highest BCUT2D eigenvalue weighted by Gasteiger charge is 2.16. The van der Waals surface area contributed by atoms with Gasteiger partial charge in [0.05, 0.1) is 0 Å². The fourth-order valence-corrected chi connectivity index (χ4v) is 2.55. The molecule has 120 valence electrons. The van der Waals surface area contributed by atoms with Gasteiger partial charge in [0, 0.05) is 6.08 Å². The minimum absolute atomic E-state index is 0.0677. The molecular formula is C15H12FNO5S. The third kappa shape index (κ3) is 4.63. The van der Waals surface area contributed by atoms with Crippen LogP contribution in [0.15, 0.2) is 59.5 Å². The molecule has 2 aromatic carbocycles. The quantitative estimate of drug-likeness (QED) is 0.377. The van der Waals surface area contributed by atoms with Crippen LogP contribution < -0.4 is 9.66 Å². The van der Waals surface area contributed by atoms with Crippen LogP contribution in [0.5, 0.6) is 5.75 Å². The average molecular weight is 337 g/mol. The lowest BCUT2D eigenvalue weighted by Gasteiger charge is -2.07. The van der Waals surface area contributed by atoms with E-state index in [1.807, 2.05) is 0 Å². The van der Waals surface area contributed by atoms with Gasteiger partial charge in [-0.1, -0.05) is 12.1 Å². The summed E-state index contributed by atoms with van der Waals surface area (Å²) >= 11 is 0. The molecule has 0 radical (unpaired) electrons. The number of benzene rings is 2. The van der Waals surface area contributed by atoms with Crippen LogP contribution >= 0.6 is 0 Å². The Balaban J connectivity index is 2.12. The Morgan fingerprint density at radius 2 is 1.70 bits per heavy atom. The Morgan fingerprint density at radius 3 is 2.26 bits per heavy atom. The molecule has 0 saturated heterocycles. The number of halogens is 1. The molecule has 0 aliphatic heterocycles. The average Bonchev–Trinajstić information content (AvgIpc) is 2.54. The van der Waals surface area contributed by atoms with Crippen LogP contribution in [-0.4, -0.2) is 19.5 Å². The van der Waals surface area contributed by atoms with E-state index in [1.165, 1.54) is 35.8 Å². The Labute approximate surface area is 131 Å². The maximum absolute atomic E-state index is 12.8. The molecule has 0 aliphatic carbocycles. The summed E-state index contributed by atoms with van der Waals surface area (Å²) in [6.45, 7) is 0. The lowest BCUT2D eigenvalue weighted by Crippen LogP contribution is -2.14. The number of rotatable bonds is 5. The summed E-state index contributed by atoms with van der Waals surface area (Å²) in [7, 11) is -4.05. The molecule has 2 aromatic rings. The van der Waals surface area contributed by atoms with E-state index in [0.717, 1.165) is 30.3 Å². The first-order valence-corrected chi connectivity index (χ1v) is 7.74. The van der Waals surface area contributed by atoms with Crippen molar-refractivity contribution in [1.29, 1.82) is 0 Å². The molecule has 0 heterocycles. The molecule has 23 heavy (non-hydrogen) atoms. The van der Waals surface area contributed by atoms with Crippen molar-refractivity contribution in [1.82, 2.24) is 5.48 Å². The first-order chi connectivity index (χ1) is 10.9. The van der Waals surface area contributed by atoms with Crippen molar-refractivity contribution in [3.63, 3.8) is 0 Å². The molecule has 0 aromatic heterocycles. The molecule has 1 amide bonds. The number of nitrogens with one attached hydrogen (secondary N) is 1. The molecule has 8 heteroatoms. The second-order valence-electron chi connectivity index (χ2n) is 4.37. The number of carbonyl (C=O) groups excluding carboxylic acids is 1. The van der Waals surface area contributed by atoms with Gasteiger partial charge in [0.1, 0.15) is 16.5 Å². The van der Waals surface area contributed by atoms with E-state index in [0.29, 0.717) is 5.56 Å². The molecule has 0 aliphatic rings. The van der Waals surface area contributed by atoms with Crippen LogP contribution in [0.1, 0.15) is 5.56 Å². The van der Waals surface area contributed by atoms with Gasteiger partial charge in [0.15, 0.2) is 0 Å². The monoisotopic (exact) mass is 337 g/mol. The highest BCUT2D eigenvalue weighted by atomic mass is 32.2. The number of carbonyl (C=O) groups is 1. The summed E-state index contributed by atoms with van der Waals surface area (Å²) in [5.41, 5.74) is 2.04. The van der Waals surface area contributed by atoms with E-state index in [-0.39, 0.29) is 10.6 Å². The summed E-state index contributed by atoms with van der Waals surface area (Å²) in [5.74, 6) is -1.17. The molecule has 2 N–H and O–H groups in total. The Morgan fingerprint density at radius 1 is 1.09 bits per heavy atom. The summed E-state index contributed by atoms with van der Waals surface area (Å²) in [5, 5.41) is 8.35.